The molecule has 2 aliphatic rings. The van der Waals surface area contributed by atoms with Crippen molar-refractivity contribution in [2.75, 3.05) is 5.01 Å². The first-order valence-electron chi connectivity index (χ1n) is 12.1. The van der Waals surface area contributed by atoms with E-state index in [0.717, 1.165) is 12.3 Å². The zero-order valence-corrected chi connectivity index (χ0v) is 22.4. The van der Waals surface area contributed by atoms with E-state index in [2.05, 4.69) is 0 Å². The lowest BCUT2D eigenvalue weighted by atomic mass is 9.87. The largest absolute Gasteiger partial charge is 0.502 e. The maximum atomic E-state index is 13.8. The maximum Gasteiger partial charge on any atom is 0.360 e. The molecule has 2 atom stereocenters. The number of nitrogens with zero attached hydrogens (tertiary/aromatic N) is 3. The van der Waals surface area contributed by atoms with E-state index in [1.807, 2.05) is 0 Å². The molecule has 0 aliphatic carbocycles. The first-order valence-corrected chi connectivity index (χ1v) is 13.1. The second kappa shape index (κ2) is 8.99. The molecule has 0 saturated heterocycles. The summed E-state index contributed by atoms with van der Waals surface area (Å²) in [5.41, 5.74) is -11.5. The third kappa shape index (κ3) is 3.83. The SMILES string of the molecule is CC(C)(O)C(O)(N1C(=O)c2c(O)c(=O)ccn2N(C2(O)c3ccccc3CSc3ccccc32)C1(O)O)C(O)(O)O. The van der Waals surface area contributed by atoms with Gasteiger partial charge < -0.3 is 46.0 Å². The van der Waals surface area contributed by atoms with Gasteiger partial charge in [-0.05, 0) is 25.5 Å². The van der Waals surface area contributed by atoms with Crippen molar-refractivity contribution in [3.05, 3.63) is 93.4 Å². The molecule has 0 saturated carbocycles. The molecule has 2 aliphatic heterocycles. The Morgan fingerprint density at radius 1 is 0.854 bits per heavy atom. The van der Waals surface area contributed by atoms with Crippen molar-refractivity contribution in [2.45, 2.75) is 53.6 Å². The van der Waals surface area contributed by atoms with E-state index >= 15 is 0 Å². The van der Waals surface area contributed by atoms with Gasteiger partial charge in [-0.1, -0.05) is 42.5 Å². The summed E-state index contributed by atoms with van der Waals surface area (Å²) in [7, 11) is 0. The number of hydrogen-bond donors (Lipinski definition) is 9. The van der Waals surface area contributed by atoms with Crippen LogP contribution in [0.15, 0.2) is 70.5 Å². The molecule has 0 bridgehead atoms. The van der Waals surface area contributed by atoms with Gasteiger partial charge in [0.05, 0.1) is 0 Å². The number of fused-ring (bicyclic) bond motifs is 3. The highest BCUT2D eigenvalue weighted by atomic mass is 32.2. The predicted molar refractivity (Wildman–Crippen MR) is 140 cm³/mol. The summed E-state index contributed by atoms with van der Waals surface area (Å²) >= 11 is 1.27. The molecule has 0 spiro atoms. The van der Waals surface area contributed by atoms with E-state index in [4.69, 9.17) is 0 Å². The van der Waals surface area contributed by atoms with Gasteiger partial charge >= 0.3 is 12.0 Å². The monoisotopic (exact) mass is 589 g/mol. The second-order valence-corrected chi connectivity index (χ2v) is 11.3. The number of hydrogen-bond acceptors (Lipinski definition) is 13. The van der Waals surface area contributed by atoms with Crippen molar-refractivity contribution < 1.29 is 50.8 Å². The van der Waals surface area contributed by atoms with Crippen LogP contribution in [0.3, 0.4) is 0 Å². The van der Waals surface area contributed by atoms with Crippen molar-refractivity contribution in [2.24, 2.45) is 0 Å². The summed E-state index contributed by atoms with van der Waals surface area (Å²) in [6.07, 6.45) is 0.836. The number of carbonyl (C=O) groups is 1. The van der Waals surface area contributed by atoms with Crippen LogP contribution in [0.4, 0.5) is 0 Å². The highest BCUT2D eigenvalue weighted by molar-refractivity contribution is 7.98. The number of aromatic hydroxyl groups is 1. The summed E-state index contributed by atoms with van der Waals surface area (Å²) in [6.45, 7) is 1.40. The minimum Gasteiger partial charge on any atom is -0.502 e. The molecule has 218 valence electrons. The van der Waals surface area contributed by atoms with Crippen LogP contribution in [-0.4, -0.2) is 84.8 Å². The fourth-order valence-corrected chi connectivity index (χ4v) is 6.43. The minimum atomic E-state index is -4.46. The molecule has 2 aromatic carbocycles. The molecule has 0 radical (unpaired) electrons. The number of amides is 1. The Bertz CT molecular complexity index is 1550. The minimum absolute atomic E-state index is 0.0101. The second-order valence-electron chi connectivity index (χ2n) is 10.3. The average Bonchev–Trinajstić information content (AvgIpc) is 2.99. The number of carbonyl (C=O) groups excluding carboxylic acids is 1. The van der Waals surface area contributed by atoms with Crippen LogP contribution in [0.1, 0.15) is 41.0 Å². The van der Waals surface area contributed by atoms with Gasteiger partial charge in [-0.3, -0.25) is 9.59 Å². The maximum absolute atomic E-state index is 13.8. The quantitative estimate of drug-likeness (QED) is 0.152. The lowest BCUT2D eigenvalue weighted by molar-refractivity contribution is -0.479. The molecular formula is C26H27N3O11S. The zero-order valence-electron chi connectivity index (χ0n) is 21.6. The van der Waals surface area contributed by atoms with Gasteiger partial charge in [-0.15, -0.1) is 11.8 Å². The summed E-state index contributed by atoms with van der Waals surface area (Å²) in [5.74, 6) is -7.35. The number of rotatable bonds is 4. The number of benzene rings is 2. The lowest BCUT2D eigenvalue weighted by Crippen LogP contribution is -2.86. The van der Waals surface area contributed by atoms with E-state index in [1.165, 1.54) is 36.0 Å². The van der Waals surface area contributed by atoms with Gasteiger partial charge in [0, 0.05) is 34.0 Å². The predicted octanol–water partition coefficient (Wildman–Crippen LogP) is -1.87. The van der Waals surface area contributed by atoms with Crippen LogP contribution < -0.4 is 10.4 Å². The molecule has 2 unspecified atom stereocenters. The molecule has 3 aromatic rings. The molecule has 0 fully saturated rings. The Hall–Kier alpha value is -3.51. The Morgan fingerprint density at radius 3 is 2.05 bits per heavy atom. The molecule has 5 rings (SSSR count). The molecular weight excluding hydrogens is 562 g/mol. The Labute approximate surface area is 235 Å². The summed E-state index contributed by atoms with van der Waals surface area (Å²) in [5, 5.41) is 100. The molecule has 9 N–H and O–H groups in total. The van der Waals surface area contributed by atoms with Crippen molar-refractivity contribution in [3.63, 3.8) is 0 Å². The van der Waals surface area contributed by atoms with Crippen molar-refractivity contribution in [3.8, 4) is 5.75 Å². The number of thioether (sulfide) groups is 1. The van der Waals surface area contributed by atoms with Crippen molar-refractivity contribution in [1.29, 1.82) is 0 Å². The van der Waals surface area contributed by atoms with Gasteiger partial charge in [0.2, 0.25) is 11.2 Å². The molecule has 1 aromatic heterocycles. The molecule has 14 nitrogen and oxygen atoms in total. The van der Waals surface area contributed by atoms with E-state index in [0.29, 0.717) is 29.0 Å². The molecule has 41 heavy (non-hydrogen) atoms. The highest BCUT2D eigenvalue weighted by Gasteiger charge is 2.73. The Morgan fingerprint density at radius 2 is 1.44 bits per heavy atom. The van der Waals surface area contributed by atoms with Crippen molar-refractivity contribution in [1.82, 2.24) is 9.58 Å². The topological polar surface area (TPSA) is 228 Å². The number of aliphatic hydroxyl groups is 8. The van der Waals surface area contributed by atoms with Crippen LogP contribution in [0.2, 0.25) is 0 Å². The first kappa shape index (κ1) is 29.0. The highest BCUT2D eigenvalue weighted by Crippen LogP contribution is 2.50. The number of aromatic nitrogens is 1. The fraction of sp³-hybridized carbons (Fsp3) is 0.308. The van der Waals surface area contributed by atoms with Crippen LogP contribution in [-0.2, 0) is 11.5 Å². The van der Waals surface area contributed by atoms with Gasteiger partial charge in [-0.2, -0.15) is 5.01 Å². The smallest absolute Gasteiger partial charge is 0.360 e. The summed E-state index contributed by atoms with van der Waals surface area (Å²) in [4.78, 5) is 26.1. The normalized spacial score (nSPS) is 21.9. The standard InChI is InChI=1S/C26H27N3O11S/c1-22(2,33)24(35,25(36,37)38)28-21(32)19-20(31)17(30)11-12-27(19)29(26(28,39)40)23(34)15-8-4-3-7-14(15)13-41-18-10-6-5-9-16(18)23/h3-12,31,33-40H,13H2,1-2H3. The van der Waals surface area contributed by atoms with E-state index in [9.17, 15) is 55.5 Å². The Balaban J connectivity index is 1.97. The Kier molecular flexibility index (Phi) is 6.36. The molecule has 15 heteroatoms. The summed E-state index contributed by atoms with van der Waals surface area (Å²) in [6, 6.07) is 9.19. The fourth-order valence-electron chi connectivity index (χ4n) is 5.33. The third-order valence-corrected chi connectivity index (χ3v) is 8.37. The third-order valence-electron chi connectivity index (χ3n) is 7.25. The molecule has 1 amide bonds. The molecule has 3 heterocycles. The van der Waals surface area contributed by atoms with E-state index in [-0.39, 0.29) is 21.9 Å². The van der Waals surface area contributed by atoms with Crippen LogP contribution in [0.5, 0.6) is 5.75 Å². The summed E-state index contributed by atoms with van der Waals surface area (Å²) < 4.78 is 0.553. The van der Waals surface area contributed by atoms with Gasteiger partial charge in [0.25, 0.3) is 11.6 Å². The van der Waals surface area contributed by atoms with Gasteiger partial charge in [0.15, 0.2) is 11.4 Å². The zero-order chi connectivity index (χ0) is 30.3. The first-order chi connectivity index (χ1) is 18.9. The lowest BCUT2D eigenvalue weighted by Gasteiger charge is -2.60. The van der Waals surface area contributed by atoms with Crippen LogP contribution in [0.25, 0.3) is 0 Å². The van der Waals surface area contributed by atoms with Crippen LogP contribution in [0, 0.1) is 0 Å². The van der Waals surface area contributed by atoms with Crippen LogP contribution >= 0.6 is 11.8 Å². The van der Waals surface area contributed by atoms with Gasteiger partial charge in [0.1, 0.15) is 5.60 Å². The van der Waals surface area contributed by atoms with Gasteiger partial charge in [-0.25, -0.2) is 9.58 Å². The number of pyridine rings is 1. The van der Waals surface area contributed by atoms with E-state index < -0.39 is 56.7 Å². The average molecular weight is 590 g/mol. The van der Waals surface area contributed by atoms with E-state index in [1.54, 1.807) is 24.3 Å². The van der Waals surface area contributed by atoms with Crippen molar-refractivity contribution >= 4 is 17.7 Å².